The van der Waals surface area contributed by atoms with Crippen molar-refractivity contribution in [1.82, 2.24) is 5.32 Å². The molecule has 0 aliphatic rings. The number of rotatable bonds is 6. The molecule has 0 saturated heterocycles. The monoisotopic (exact) mass is 185 g/mol. The second kappa shape index (κ2) is 5.57. The molecule has 0 saturated carbocycles. The second-order valence-electron chi connectivity index (χ2n) is 2.94. The van der Waals surface area contributed by atoms with E-state index in [1.54, 1.807) is 6.92 Å². The Hall–Kier alpha value is -1.05. The van der Waals surface area contributed by atoms with Crippen LogP contribution in [0.5, 0.6) is 0 Å². The minimum atomic E-state index is -0.998. The van der Waals surface area contributed by atoms with E-state index in [9.17, 15) is 4.79 Å². The van der Waals surface area contributed by atoms with Crippen LogP contribution in [0.15, 0.2) is 0 Å². The molecule has 0 fully saturated rings. The third-order valence-electron chi connectivity index (χ3n) is 1.86. The number of carboxylic acids is 1. The molecule has 4 heteroatoms. The minimum Gasteiger partial charge on any atom is -0.480 e. The molecule has 0 bridgehead atoms. The van der Waals surface area contributed by atoms with Gasteiger partial charge in [-0.3, -0.25) is 10.1 Å². The van der Waals surface area contributed by atoms with E-state index >= 15 is 0 Å². The molecule has 1 atom stereocenters. The van der Waals surface area contributed by atoms with Gasteiger partial charge < -0.3 is 9.84 Å². The highest BCUT2D eigenvalue weighted by molar-refractivity contribution is 5.78. The van der Waals surface area contributed by atoms with Gasteiger partial charge in [0, 0.05) is 13.7 Å². The smallest absolute Gasteiger partial charge is 0.323 e. The van der Waals surface area contributed by atoms with Gasteiger partial charge in [0.05, 0.1) is 6.54 Å². The molecule has 0 spiro atoms. The summed E-state index contributed by atoms with van der Waals surface area (Å²) in [6.07, 6.45) is 5.42. The largest absolute Gasteiger partial charge is 0.480 e. The van der Waals surface area contributed by atoms with Gasteiger partial charge in [-0.2, -0.15) is 0 Å². The summed E-state index contributed by atoms with van der Waals surface area (Å²) in [6.45, 7) is 2.22. The van der Waals surface area contributed by atoms with Crippen LogP contribution in [0, 0.1) is 12.3 Å². The van der Waals surface area contributed by atoms with Gasteiger partial charge in [0.15, 0.2) is 0 Å². The van der Waals surface area contributed by atoms with Crippen molar-refractivity contribution in [2.45, 2.75) is 18.9 Å². The maximum Gasteiger partial charge on any atom is 0.323 e. The number of methoxy groups -OCH3 is 1. The summed E-state index contributed by atoms with van der Waals surface area (Å²) in [7, 11) is 1.53. The van der Waals surface area contributed by atoms with Crippen molar-refractivity contribution in [3.8, 4) is 12.3 Å². The Bertz CT molecular complexity index is 209. The normalized spacial score (nSPS) is 14.5. The quantitative estimate of drug-likeness (QED) is 0.576. The van der Waals surface area contributed by atoms with Gasteiger partial charge in [-0.05, 0) is 13.3 Å². The lowest BCUT2D eigenvalue weighted by Crippen LogP contribution is -2.50. The van der Waals surface area contributed by atoms with Crippen molar-refractivity contribution in [3.63, 3.8) is 0 Å². The summed E-state index contributed by atoms with van der Waals surface area (Å²) in [5.41, 5.74) is -0.998. The van der Waals surface area contributed by atoms with Crippen molar-refractivity contribution in [1.29, 1.82) is 0 Å². The van der Waals surface area contributed by atoms with Crippen LogP contribution >= 0.6 is 0 Å². The lowest BCUT2D eigenvalue weighted by atomic mass is 9.98. The Morgan fingerprint density at radius 3 is 2.77 bits per heavy atom. The third-order valence-corrected chi connectivity index (χ3v) is 1.86. The first-order valence-electron chi connectivity index (χ1n) is 3.97. The van der Waals surface area contributed by atoms with Crippen LogP contribution < -0.4 is 5.32 Å². The number of hydrogen-bond acceptors (Lipinski definition) is 3. The number of nitrogens with one attached hydrogen (secondary N) is 1. The Morgan fingerprint density at radius 1 is 1.77 bits per heavy atom. The first-order chi connectivity index (χ1) is 6.06. The summed E-state index contributed by atoms with van der Waals surface area (Å²) in [4.78, 5) is 10.8. The molecule has 4 nitrogen and oxygen atoms in total. The van der Waals surface area contributed by atoms with Crippen molar-refractivity contribution in [3.05, 3.63) is 0 Å². The molecule has 0 aromatic rings. The van der Waals surface area contributed by atoms with E-state index < -0.39 is 11.5 Å². The molecule has 0 heterocycles. The molecule has 0 aliphatic carbocycles. The maximum absolute atomic E-state index is 10.8. The summed E-state index contributed by atoms with van der Waals surface area (Å²) in [5, 5.41) is 11.7. The van der Waals surface area contributed by atoms with Crippen LogP contribution in [0.4, 0.5) is 0 Å². The number of aliphatic carboxylic acids is 1. The lowest BCUT2D eigenvalue weighted by Gasteiger charge is -2.24. The number of hydrogen-bond donors (Lipinski definition) is 2. The van der Waals surface area contributed by atoms with E-state index in [4.69, 9.17) is 16.3 Å². The van der Waals surface area contributed by atoms with Gasteiger partial charge >= 0.3 is 5.97 Å². The van der Waals surface area contributed by atoms with E-state index in [1.165, 1.54) is 7.11 Å². The molecule has 2 N–H and O–H groups in total. The van der Waals surface area contributed by atoms with Crippen molar-refractivity contribution < 1.29 is 14.6 Å². The number of ether oxygens (including phenoxy) is 1. The molecule has 0 rings (SSSR count). The Kier molecular flexibility index (Phi) is 5.12. The topological polar surface area (TPSA) is 58.6 Å². The zero-order chi connectivity index (χ0) is 10.3. The molecule has 0 aromatic carbocycles. The third kappa shape index (κ3) is 3.92. The predicted molar refractivity (Wildman–Crippen MR) is 49.4 cm³/mol. The number of terminal acetylenes is 1. The molecular formula is C9H15NO3. The first kappa shape index (κ1) is 11.9. The predicted octanol–water partition coefficient (Wildman–Crippen LogP) is 0.0890. The zero-order valence-electron chi connectivity index (χ0n) is 7.96. The molecular weight excluding hydrogens is 170 g/mol. The van der Waals surface area contributed by atoms with Gasteiger partial charge in [-0.15, -0.1) is 6.42 Å². The first-order valence-corrected chi connectivity index (χ1v) is 3.97. The molecule has 1 unspecified atom stereocenters. The van der Waals surface area contributed by atoms with Crippen molar-refractivity contribution in [2.24, 2.45) is 0 Å². The standard InChI is InChI=1S/C9H15NO3/c1-4-6-10-9(2,8(11)12)5-7-13-3/h1,10H,5-7H2,2-3H3,(H,11,12). The summed E-state index contributed by atoms with van der Waals surface area (Å²) < 4.78 is 4.81. The Morgan fingerprint density at radius 2 is 2.38 bits per heavy atom. The van der Waals surface area contributed by atoms with Crippen LogP contribution in [0.25, 0.3) is 0 Å². The fourth-order valence-corrected chi connectivity index (χ4v) is 0.823. The molecule has 13 heavy (non-hydrogen) atoms. The van der Waals surface area contributed by atoms with Crippen LogP contribution in [0.3, 0.4) is 0 Å². The summed E-state index contributed by atoms with van der Waals surface area (Å²) >= 11 is 0. The van der Waals surface area contributed by atoms with E-state index in [0.29, 0.717) is 13.0 Å². The lowest BCUT2D eigenvalue weighted by molar-refractivity contribution is -0.144. The van der Waals surface area contributed by atoms with Crippen molar-refractivity contribution >= 4 is 5.97 Å². The minimum absolute atomic E-state index is 0.243. The van der Waals surface area contributed by atoms with Crippen LogP contribution in [0.1, 0.15) is 13.3 Å². The van der Waals surface area contributed by atoms with E-state index in [2.05, 4.69) is 11.2 Å². The molecule has 0 amide bonds. The van der Waals surface area contributed by atoms with E-state index in [-0.39, 0.29) is 6.54 Å². The Balaban J connectivity index is 4.18. The van der Waals surface area contributed by atoms with E-state index in [1.807, 2.05) is 0 Å². The van der Waals surface area contributed by atoms with Gasteiger partial charge in [0.25, 0.3) is 0 Å². The number of carbonyl (C=O) groups is 1. The fraction of sp³-hybridized carbons (Fsp3) is 0.667. The molecule has 0 radical (unpaired) electrons. The molecule has 0 aromatic heterocycles. The highest BCUT2D eigenvalue weighted by Gasteiger charge is 2.31. The zero-order valence-corrected chi connectivity index (χ0v) is 7.96. The van der Waals surface area contributed by atoms with Crippen LogP contribution in [-0.4, -0.2) is 36.9 Å². The maximum atomic E-state index is 10.8. The molecule has 74 valence electrons. The van der Waals surface area contributed by atoms with Crippen molar-refractivity contribution in [2.75, 3.05) is 20.3 Å². The SMILES string of the molecule is C#CCNC(C)(CCOC)C(=O)O. The van der Waals surface area contributed by atoms with Crippen LogP contribution in [-0.2, 0) is 9.53 Å². The average molecular weight is 185 g/mol. The van der Waals surface area contributed by atoms with Gasteiger partial charge in [-0.1, -0.05) is 5.92 Å². The van der Waals surface area contributed by atoms with Gasteiger partial charge in [0.2, 0.25) is 0 Å². The highest BCUT2D eigenvalue weighted by Crippen LogP contribution is 2.09. The fourth-order valence-electron chi connectivity index (χ4n) is 0.823. The second-order valence-corrected chi connectivity index (χ2v) is 2.94. The summed E-state index contributed by atoms with van der Waals surface area (Å²) in [6, 6.07) is 0. The summed E-state index contributed by atoms with van der Waals surface area (Å²) in [5.74, 6) is 1.42. The van der Waals surface area contributed by atoms with Crippen LogP contribution in [0.2, 0.25) is 0 Å². The van der Waals surface area contributed by atoms with E-state index in [0.717, 1.165) is 0 Å². The Labute approximate surface area is 78.3 Å². The van der Waals surface area contributed by atoms with Gasteiger partial charge in [0.1, 0.15) is 5.54 Å². The average Bonchev–Trinajstić information content (AvgIpc) is 2.11. The molecule has 0 aliphatic heterocycles. The number of carboxylic acid groups (broad SMARTS) is 1. The van der Waals surface area contributed by atoms with Gasteiger partial charge in [-0.25, -0.2) is 0 Å². The highest BCUT2D eigenvalue weighted by atomic mass is 16.5.